The molecule has 0 radical (unpaired) electrons. The molecule has 0 aromatic rings. The van der Waals surface area contributed by atoms with Crippen molar-refractivity contribution in [3.63, 3.8) is 0 Å². The fourth-order valence-corrected chi connectivity index (χ4v) is 1.73. The zero-order valence-electron chi connectivity index (χ0n) is 9.33. The second-order valence-electron chi connectivity index (χ2n) is 3.98. The van der Waals surface area contributed by atoms with Gasteiger partial charge in [-0.25, -0.2) is 8.78 Å². The summed E-state index contributed by atoms with van der Waals surface area (Å²) in [6.45, 7) is 2.89. The van der Waals surface area contributed by atoms with Crippen LogP contribution in [0.3, 0.4) is 0 Å². The lowest BCUT2D eigenvalue weighted by molar-refractivity contribution is -0.132. The van der Waals surface area contributed by atoms with Crippen LogP contribution in [0.25, 0.3) is 0 Å². The highest BCUT2D eigenvalue weighted by atomic mass is 19.3. The minimum atomic E-state index is -2.80. The Morgan fingerprint density at radius 1 is 1.62 bits per heavy atom. The van der Waals surface area contributed by atoms with Crippen molar-refractivity contribution in [3.8, 4) is 0 Å². The number of nitrogens with one attached hydrogen (secondary N) is 1. The molecule has 94 valence electrons. The number of halogens is 2. The Morgan fingerprint density at radius 3 is 2.88 bits per heavy atom. The Labute approximate surface area is 93.6 Å². The van der Waals surface area contributed by atoms with Gasteiger partial charge in [0.2, 0.25) is 5.91 Å². The molecule has 1 rings (SSSR count). The summed E-state index contributed by atoms with van der Waals surface area (Å²) in [6, 6.07) is -0.273. The zero-order chi connectivity index (χ0) is 12.1. The number of hydrogen-bond acceptors (Lipinski definition) is 3. The summed E-state index contributed by atoms with van der Waals surface area (Å²) < 4.78 is 24.2. The van der Waals surface area contributed by atoms with Crippen LogP contribution in [0, 0.1) is 0 Å². The summed E-state index contributed by atoms with van der Waals surface area (Å²) in [6.07, 6.45) is -3.00. The molecule has 0 spiro atoms. The quantitative estimate of drug-likeness (QED) is 0.693. The van der Waals surface area contributed by atoms with Gasteiger partial charge in [0.25, 0.3) is 6.43 Å². The van der Waals surface area contributed by atoms with Crippen LogP contribution < -0.4 is 5.32 Å². The van der Waals surface area contributed by atoms with E-state index in [0.29, 0.717) is 13.0 Å². The molecule has 6 heteroatoms. The second kappa shape index (κ2) is 6.10. The third kappa shape index (κ3) is 3.38. The molecule has 0 aromatic carbocycles. The molecule has 0 aromatic heterocycles. The van der Waals surface area contributed by atoms with Crippen molar-refractivity contribution >= 4 is 5.91 Å². The normalized spacial score (nSPS) is 23.2. The third-order valence-electron chi connectivity index (χ3n) is 2.64. The molecule has 16 heavy (non-hydrogen) atoms. The molecular formula is C10H18F2N2O2. The number of likely N-dealkylation sites (tertiary alicyclic amines) is 1. The minimum absolute atomic E-state index is 0.187. The fourth-order valence-electron chi connectivity index (χ4n) is 1.73. The first kappa shape index (κ1) is 13.3. The van der Waals surface area contributed by atoms with E-state index in [2.05, 4.69) is 5.32 Å². The number of hydrogen-bond donors (Lipinski definition) is 2. The molecule has 2 unspecified atom stereocenters. The van der Waals surface area contributed by atoms with Gasteiger partial charge < -0.3 is 15.3 Å². The molecule has 0 bridgehead atoms. The van der Waals surface area contributed by atoms with Crippen LogP contribution in [0.1, 0.15) is 19.8 Å². The van der Waals surface area contributed by atoms with Crippen molar-refractivity contribution in [3.05, 3.63) is 0 Å². The Bertz CT molecular complexity index is 239. The van der Waals surface area contributed by atoms with E-state index < -0.39 is 12.5 Å². The lowest BCUT2D eigenvalue weighted by Crippen LogP contribution is -2.42. The van der Waals surface area contributed by atoms with E-state index >= 15 is 0 Å². The Hall–Kier alpha value is -0.750. The molecule has 4 nitrogen and oxygen atoms in total. The first-order chi connectivity index (χ1) is 7.56. The van der Waals surface area contributed by atoms with Crippen LogP contribution in [0.2, 0.25) is 0 Å². The van der Waals surface area contributed by atoms with Crippen LogP contribution in [-0.4, -0.2) is 54.1 Å². The van der Waals surface area contributed by atoms with Crippen molar-refractivity contribution in [1.29, 1.82) is 0 Å². The number of rotatable bonds is 6. The van der Waals surface area contributed by atoms with Crippen molar-refractivity contribution in [2.75, 3.05) is 19.6 Å². The standard InChI is InChI=1S/C10H18F2N2O2/c1-2-4-13-7-3-5-14(10(7)16)6-8(15)9(11)12/h7-9,13,15H,2-6H2,1H3. The van der Waals surface area contributed by atoms with Gasteiger partial charge in [-0.3, -0.25) is 4.79 Å². The van der Waals surface area contributed by atoms with Crippen LogP contribution in [0.15, 0.2) is 0 Å². The number of carbonyl (C=O) groups excluding carboxylic acids is 1. The van der Waals surface area contributed by atoms with Gasteiger partial charge in [0.15, 0.2) is 0 Å². The highest BCUT2D eigenvalue weighted by Gasteiger charge is 2.33. The molecule has 2 atom stereocenters. The number of carbonyl (C=O) groups is 1. The van der Waals surface area contributed by atoms with Gasteiger partial charge in [-0.05, 0) is 19.4 Å². The average molecular weight is 236 g/mol. The Balaban J connectivity index is 2.38. The fraction of sp³-hybridized carbons (Fsp3) is 0.900. The number of β-amino-alcohol motifs (C(OH)–C–C–N with tert-alkyl or cyclic N) is 1. The van der Waals surface area contributed by atoms with E-state index in [1.165, 1.54) is 4.90 Å². The number of amides is 1. The highest BCUT2D eigenvalue weighted by molar-refractivity contribution is 5.84. The van der Waals surface area contributed by atoms with Crippen molar-refractivity contribution in [1.82, 2.24) is 10.2 Å². The van der Waals surface area contributed by atoms with Crippen LogP contribution >= 0.6 is 0 Å². The number of aliphatic hydroxyl groups is 1. The van der Waals surface area contributed by atoms with E-state index in [9.17, 15) is 13.6 Å². The average Bonchev–Trinajstić information content (AvgIpc) is 2.57. The molecule has 1 amide bonds. The van der Waals surface area contributed by atoms with Gasteiger partial charge in [-0.1, -0.05) is 6.92 Å². The smallest absolute Gasteiger partial charge is 0.265 e. The number of alkyl halides is 2. The number of aliphatic hydroxyl groups excluding tert-OH is 1. The van der Waals surface area contributed by atoms with Crippen molar-refractivity contribution in [2.24, 2.45) is 0 Å². The van der Waals surface area contributed by atoms with E-state index in [1.54, 1.807) is 0 Å². The molecular weight excluding hydrogens is 218 g/mol. The third-order valence-corrected chi connectivity index (χ3v) is 2.64. The Kier molecular flexibility index (Phi) is 5.08. The molecule has 0 aliphatic carbocycles. The van der Waals surface area contributed by atoms with E-state index in [1.807, 2.05) is 6.92 Å². The van der Waals surface area contributed by atoms with Crippen LogP contribution in [0.4, 0.5) is 8.78 Å². The van der Waals surface area contributed by atoms with Gasteiger partial charge >= 0.3 is 0 Å². The summed E-state index contributed by atoms with van der Waals surface area (Å²) in [4.78, 5) is 13.0. The zero-order valence-corrected chi connectivity index (χ0v) is 9.33. The monoisotopic (exact) mass is 236 g/mol. The Morgan fingerprint density at radius 2 is 2.31 bits per heavy atom. The van der Waals surface area contributed by atoms with Crippen LogP contribution in [-0.2, 0) is 4.79 Å². The van der Waals surface area contributed by atoms with E-state index in [-0.39, 0.29) is 18.5 Å². The summed E-state index contributed by atoms with van der Waals surface area (Å²) in [5, 5.41) is 12.1. The predicted octanol–water partition coefficient (Wildman–Crippen LogP) is 0.213. The lowest BCUT2D eigenvalue weighted by atomic mass is 10.2. The molecule has 1 fully saturated rings. The molecule has 1 heterocycles. The summed E-state index contributed by atoms with van der Waals surface area (Å²) in [5.74, 6) is -0.187. The van der Waals surface area contributed by atoms with E-state index in [0.717, 1.165) is 13.0 Å². The predicted molar refractivity (Wildman–Crippen MR) is 55.3 cm³/mol. The summed E-state index contributed by atoms with van der Waals surface area (Å²) >= 11 is 0. The molecule has 1 aliphatic rings. The molecule has 1 aliphatic heterocycles. The summed E-state index contributed by atoms with van der Waals surface area (Å²) in [5.41, 5.74) is 0. The first-order valence-electron chi connectivity index (χ1n) is 5.54. The first-order valence-corrected chi connectivity index (χ1v) is 5.54. The number of nitrogens with zero attached hydrogens (tertiary/aromatic N) is 1. The second-order valence-corrected chi connectivity index (χ2v) is 3.98. The van der Waals surface area contributed by atoms with Gasteiger partial charge in [0.05, 0.1) is 12.6 Å². The maximum absolute atomic E-state index is 12.1. The maximum atomic E-state index is 12.1. The lowest BCUT2D eigenvalue weighted by Gasteiger charge is -2.20. The van der Waals surface area contributed by atoms with Gasteiger partial charge in [0.1, 0.15) is 6.10 Å². The molecule has 1 saturated heterocycles. The van der Waals surface area contributed by atoms with Crippen LogP contribution in [0.5, 0.6) is 0 Å². The van der Waals surface area contributed by atoms with Crippen molar-refractivity contribution < 1.29 is 18.7 Å². The highest BCUT2D eigenvalue weighted by Crippen LogP contribution is 2.13. The molecule has 2 N–H and O–H groups in total. The van der Waals surface area contributed by atoms with Gasteiger partial charge in [-0.2, -0.15) is 0 Å². The molecule has 0 saturated carbocycles. The topological polar surface area (TPSA) is 52.6 Å². The maximum Gasteiger partial charge on any atom is 0.265 e. The van der Waals surface area contributed by atoms with Gasteiger partial charge in [0, 0.05) is 6.54 Å². The van der Waals surface area contributed by atoms with Gasteiger partial charge in [-0.15, -0.1) is 0 Å². The summed E-state index contributed by atoms with van der Waals surface area (Å²) in [7, 11) is 0. The van der Waals surface area contributed by atoms with E-state index in [4.69, 9.17) is 5.11 Å². The van der Waals surface area contributed by atoms with Crippen molar-refractivity contribution in [2.45, 2.75) is 38.3 Å². The SMILES string of the molecule is CCCNC1CCN(CC(O)C(F)F)C1=O. The largest absolute Gasteiger partial charge is 0.385 e. The minimum Gasteiger partial charge on any atom is -0.385 e.